The maximum atomic E-state index is 15.7. The van der Waals surface area contributed by atoms with Gasteiger partial charge < -0.3 is 45.7 Å². The van der Waals surface area contributed by atoms with Crippen molar-refractivity contribution in [1.29, 1.82) is 0 Å². The zero-order chi connectivity index (χ0) is 32.9. The molecule has 0 amide bonds. The number of aliphatic hydroxyl groups excluding tert-OH is 2. The van der Waals surface area contributed by atoms with E-state index in [9.17, 15) is 33.9 Å². The number of nitrogens with zero attached hydrogens (tertiary/aromatic N) is 7. The molecule has 0 aromatic carbocycles. The smallest absolute Gasteiger partial charge is 0.394 e. The van der Waals surface area contributed by atoms with Crippen LogP contribution in [-0.2, 0) is 32.4 Å². The fraction of sp³-hybridized carbons (Fsp3) is 0.524. The molecular formula is C21H27FN10O12P2. The van der Waals surface area contributed by atoms with Gasteiger partial charge >= 0.3 is 7.82 Å². The van der Waals surface area contributed by atoms with Gasteiger partial charge in [0.15, 0.2) is 41.3 Å². The van der Waals surface area contributed by atoms with Gasteiger partial charge in [0.25, 0.3) is 5.56 Å². The molecule has 4 aromatic rings. The van der Waals surface area contributed by atoms with Crippen LogP contribution in [0.1, 0.15) is 12.5 Å². The number of aromatic amines is 1. The number of ether oxygens (including phenoxy) is 3. The van der Waals surface area contributed by atoms with E-state index >= 15 is 4.39 Å². The molecule has 2 saturated heterocycles. The van der Waals surface area contributed by atoms with E-state index < -0.39 is 90.1 Å². The zero-order valence-corrected chi connectivity index (χ0v) is 25.0. The van der Waals surface area contributed by atoms with Crippen molar-refractivity contribution in [3.8, 4) is 0 Å². The van der Waals surface area contributed by atoms with Crippen molar-refractivity contribution in [3.63, 3.8) is 0 Å². The maximum absolute atomic E-state index is 15.7. The number of aromatic nitrogens is 8. The van der Waals surface area contributed by atoms with Crippen LogP contribution in [0.25, 0.3) is 22.3 Å². The van der Waals surface area contributed by atoms with Gasteiger partial charge in [-0.1, -0.05) is 0 Å². The number of hydrogen-bond donors (Lipinski definition) is 7. The second kappa shape index (κ2) is 12.6. The van der Waals surface area contributed by atoms with Crippen molar-refractivity contribution in [2.45, 2.75) is 49.1 Å². The standard InChI is InChI=1S/C21H27FN10O12P2/c22-9-13(7(1-33)42-19(9)32-5-28-11-17(32)29-21(24)30-18(11)35)44-46(38,39)41-2-8-12(34)14(40-6-45(36)37)20(43-8)31-4-27-10-15(23)25-3-26-16(10)31/h3-5,7-9,12-14,19-20,33-34,45H,1-2,6H2,(H,36,37)(H,38,39)(H2,23,25,26)(H3,24,29,30,35)/t7-,8-,9+,12+,13?,14?,19-,20-/m1/s1. The SMILES string of the molecule is Nc1nc2c(ncn2[C@@H]2O[C@H](CO)C(OP(=O)(O)OC[C@H]3O[C@@H](n4cnc5c(N)ncnc54)C(OC[PH](=O)O)[C@H]3O)[C@@H]2F)c(=O)[nH]1. The Balaban J connectivity index is 1.17. The van der Waals surface area contributed by atoms with Gasteiger partial charge in [0.2, 0.25) is 14.0 Å². The van der Waals surface area contributed by atoms with Gasteiger partial charge in [-0.05, 0) is 0 Å². The molecule has 4 unspecified atom stereocenters. The average Bonchev–Trinajstić information content (AvgIpc) is 3.76. The van der Waals surface area contributed by atoms with Crippen molar-refractivity contribution < 1.29 is 56.8 Å². The van der Waals surface area contributed by atoms with E-state index in [4.69, 9.17) is 34.7 Å². The van der Waals surface area contributed by atoms with Crippen LogP contribution >= 0.6 is 15.9 Å². The highest BCUT2D eigenvalue weighted by Gasteiger charge is 2.52. The van der Waals surface area contributed by atoms with Gasteiger partial charge in [0.1, 0.15) is 48.7 Å². The number of nitrogens with two attached hydrogens (primary N) is 2. The number of hydrogen-bond acceptors (Lipinski definition) is 17. The van der Waals surface area contributed by atoms with Crippen molar-refractivity contribution in [1.82, 2.24) is 39.0 Å². The van der Waals surface area contributed by atoms with E-state index in [1.807, 2.05) is 0 Å². The van der Waals surface area contributed by atoms with E-state index in [1.54, 1.807) is 0 Å². The summed E-state index contributed by atoms with van der Waals surface area (Å²) in [7, 11) is -8.32. The van der Waals surface area contributed by atoms with E-state index in [-0.39, 0.29) is 34.1 Å². The van der Waals surface area contributed by atoms with Gasteiger partial charge in [-0.15, -0.1) is 0 Å². The minimum absolute atomic E-state index is 0.0409. The molecular weight excluding hydrogens is 665 g/mol. The molecule has 2 fully saturated rings. The molecule has 25 heteroatoms. The Bertz CT molecular complexity index is 1880. The lowest BCUT2D eigenvalue weighted by atomic mass is 10.1. The molecule has 0 saturated carbocycles. The highest BCUT2D eigenvalue weighted by atomic mass is 31.2. The zero-order valence-electron chi connectivity index (χ0n) is 23.1. The summed E-state index contributed by atoms with van der Waals surface area (Å²) in [6, 6.07) is 0. The molecule has 10 atom stereocenters. The first-order valence-electron chi connectivity index (χ1n) is 13.3. The number of alkyl halides is 1. The van der Waals surface area contributed by atoms with Crippen molar-refractivity contribution >= 4 is 49.9 Å². The van der Waals surface area contributed by atoms with E-state index in [2.05, 4.69) is 29.9 Å². The Hall–Kier alpha value is -3.47. The monoisotopic (exact) mass is 692 g/mol. The fourth-order valence-electron chi connectivity index (χ4n) is 5.16. The number of H-pyrrole nitrogens is 1. The average molecular weight is 692 g/mol. The quantitative estimate of drug-likeness (QED) is 0.0829. The topological polar surface area (TPSA) is 320 Å². The predicted octanol–water partition coefficient (Wildman–Crippen LogP) is -2.08. The summed E-state index contributed by atoms with van der Waals surface area (Å²) in [6.45, 7) is -1.67. The van der Waals surface area contributed by atoms with Crippen LogP contribution in [0.3, 0.4) is 0 Å². The summed E-state index contributed by atoms with van der Waals surface area (Å²) in [6.07, 6.45) is -9.94. The summed E-state index contributed by atoms with van der Waals surface area (Å²) in [5, 5.41) is 20.8. The van der Waals surface area contributed by atoms with Crippen LogP contribution in [0.4, 0.5) is 16.2 Å². The van der Waals surface area contributed by atoms with Crippen LogP contribution in [0.5, 0.6) is 0 Å². The summed E-state index contributed by atoms with van der Waals surface area (Å²) in [5.74, 6) is -0.248. The number of imidazole rings is 2. The fourth-order valence-corrected chi connectivity index (χ4v) is 6.45. The lowest BCUT2D eigenvalue weighted by molar-refractivity contribution is -0.0648. The molecule has 0 spiro atoms. The Morgan fingerprint density at radius 1 is 1.07 bits per heavy atom. The summed E-state index contributed by atoms with van der Waals surface area (Å²) in [4.78, 5) is 54.0. The van der Waals surface area contributed by atoms with Crippen molar-refractivity contribution in [2.75, 3.05) is 31.0 Å². The number of phosphoric acid groups is 1. The second-order valence-electron chi connectivity index (χ2n) is 10.1. The van der Waals surface area contributed by atoms with E-state index in [1.165, 1.54) is 10.9 Å². The third-order valence-corrected chi connectivity index (χ3v) is 8.60. The number of nitrogens with one attached hydrogen (secondary N) is 1. The molecule has 0 aliphatic carbocycles. The molecule has 4 aromatic heterocycles. The lowest BCUT2D eigenvalue weighted by Crippen LogP contribution is -2.36. The Kier molecular flexibility index (Phi) is 8.91. The van der Waals surface area contributed by atoms with Crippen molar-refractivity contribution in [2.24, 2.45) is 0 Å². The number of phosphoric ester groups is 1. The van der Waals surface area contributed by atoms with E-state index in [0.717, 1.165) is 17.2 Å². The van der Waals surface area contributed by atoms with Crippen LogP contribution in [0.15, 0.2) is 23.8 Å². The van der Waals surface area contributed by atoms with E-state index in [0.29, 0.717) is 0 Å². The number of anilines is 2. The van der Waals surface area contributed by atoms with Gasteiger partial charge in [0, 0.05) is 0 Å². The normalized spacial score (nSPS) is 30.3. The summed E-state index contributed by atoms with van der Waals surface area (Å²) >= 11 is 0. The minimum atomic E-state index is -5.17. The third kappa shape index (κ3) is 6.02. The maximum Gasteiger partial charge on any atom is 0.472 e. The highest BCUT2D eigenvalue weighted by Crippen LogP contribution is 2.50. The summed E-state index contributed by atoms with van der Waals surface area (Å²) < 4.78 is 69.2. The number of aliphatic hydroxyl groups is 2. The lowest BCUT2D eigenvalue weighted by Gasteiger charge is -2.23. The Morgan fingerprint density at radius 3 is 2.48 bits per heavy atom. The first-order valence-corrected chi connectivity index (χ1v) is 16.3. The predicted molar refractivity (Wildman–Crippen MR) is 150 cm³/mol. The molecule has 2 aliphatic rings. The van der Waals surface area contributed by atoms with Gasteiger partial charge in [-0.3, -0.25) is 32.5 Å². The Labute approximate surface area is 255 Å². The first kappa shape index (κ1) is 32.5. The van der Waals surface area contributed by atoms with Crippen LogP contribution in [0.2, 0.25) is 0 Å². The van der Waals surface area contributed by atoms with Gasteiger partial charge in [0.05, 0.1) is 25.9 Å². The van der Waals surface area contributed by atoms with Crippen LogP contribution in [-0.4, -0.2) is 115 Å². The molecule has 0 bridgehead atoms. The minimum Gasteiger partial charge on any atom is -0.394 e. The molecule has 6 rings (SSSR count). The Morgan fingerprint density at radius 2 is 1.76 bits per heavy atom. The van der Waals surface area contributed by atoms with Gasteiger partial charge in [-0.2, -0.15) is 4.98 Å². The first-order chi connectivity index (χ1) is 21.9. The molecule has 0 radical (unpaired) electrons. The number of nitrogen functional groups attached to an aromatic ring is 2. The molecule has 22 nitrogen and oxygen atoms in total. The third-order valence-electron chi connectivity index (χ3n) is 7.20. The van der Waals surface area contributed by atoms with Crippen LogP contribution < -0.4 is 17.0 Å². The second-order valence-corrected chi connectivity index (χ2v) is 12.6. The van der Waals surface area contributed by atoms with Crippen LogP contribution in [0, 0.1) is 0 Å². The van der Waals surface area contributed by atoms with Gasteiger partial charge in [-0.25, -0.2) is 28.9 Å². The number of halogens is 1. The molecule has 250 valence electrons. The molecule has 6 heterocycles. The number of fused-ring (bicyclic) bond motifs is 2. The highest BCUT2D eigenvalue weighted by molar-refractivity contribution is 7.47. The molecule has 9 N–H and O–H groups in total. The molecule has 2 aliphatic heterocycles. The summed E-state index contributed by atoms with van der Waals surface area (Å²) in [5.41, 5.74) is 10.7. The largest absolute Gasteiger partial charge is 0.472 e. The molecule has 46 heavy (non-hydrogen) atoms. The van der Waals surface area contributed by atoms with Crippen molar-refractivity contribution in [3.05, 3.63) is 29.3 Å². The number of rotatable bonds is 11.